The van der Waals surface area contributed by atoms with Crippen molar-refractivity contribution in [2.75, 3.05) is 5.73 Å². The minimum atomic E-state index is 0. The zero-order chi connectivity index (χ0) is 18.4. The Morgan fingerprint density at radius 1 is 1.30 bits per heavy atom. The Bertz CT molecular complexity index is 1140. The third-order valence-corrected chi connectivity index (χ3v) is 5.15. The number of ketones is 1. The molecule has 0 aliphatic rings. The number of nitrogens with two attached hydrogens (primary N) is 1. The topological polar surface area (TPSA) is 99.6 Å². The van der Waals surface area contributed by atoms with Crippen LogP contribution in [0.3, 0.4) is 0 Å². The number of carbonyl (C=O) groups is 1. The fraction of sp³-hybridized carbons (Fsp3) is 0.316. The minimum Gasteiger partial charge on any atom is -0.383 e. The fourth-order valence-electron chi connectivity index (χ4n) is 2.97. The van der Waals surface area contributed by atoms with Crippen molar-refractivity contribution >= 4 is 44.2 Å². The van der Waals surface area contributed by atoms with Crippen LogP contribution in [0.15, 0.2) is 24.5 Å². The molecule has 0 spiro atoms. The van der Waals surface area contributed by atoms with Gasteiger partial charge in [0.15, 0.2) is 5.65 Å². The van der Waals surface area contributed by atoms with Crippen molar-refractivity contribution in [3.05, 3.63) is 29.5 Å². The van der Waals surface area contributed by atoms with Crippen LogP contribution in [-0.2, 0) is 11.2 Å². The lowest BCUT2D eigenvalue weighted by Gasteiger charge is -2.05. The molecular weight excluding hydrogens is 360 g/mol. The summed E-state index contributed by atoms with van der Waals surface area (Å²) in [5.41, 5.74) is 9.35. The molecule has 4 aromatic rings. The van der Waals surface area contributed by atoms with E-state index in [1.807, 2.05) is 36.7 Å². The van der Waals surface area contributed by atoms with Crippen LogP contribution in [0, 0.1) is 0 Å². The summed E-state index contributed by atoms with van der Waals surface area (Å²) in [5, 5.41) is 6.31. The predicted octanol–water partition coefficient (Wildman–Crippen LogP) is 4.03. The number of aromatic nitrogens is 5. The second-order valence-corrected chi connectivity index (χ2v) is 7.63. The van der Waals surface area contributed by atoms with Gasteiger partial charge in [0.25, 0.3) is 0 Å². The summed E-state index contributed by atoms with van der Waals surface area (Å²) in [6.45, 7) is 5.67. The Kier molecular flexibility index (Phi) is 4.93. The lowest BCUT2D eigenvalue weighted by atomic mass is 10.1. The van der Waals surface area contributed by atoms with Crippen molar-refractivity contribution in [2.45, 2.75) is 40.7 Å². The summed E-state index contributed by atoms with van der Waals surface area (Å²) in [6.07, 6.45) is 1.82. The standard InChI is InChI=1S/C18H18N6OS.CH4/c1-9(2)24-18-15(17(19)20-8-21-18)16(23-24)11-4-5-13-12(7-11)22-14(26-13)6-10(3)25;/h4-5,7-9H,6H2,1-3H3,(H2,19,20,21);1H4. The summed E-state index contributed by atoms with van der Waals surface area (Å²) >= 11 is 1.54. The Morgan fingerprint density at radius 2 is 2.07 bits per heavy atom. The number of anilines is 1. The Balaban J connectivity index is 0.00000210. The van der Waals surface area contributed by atoms with Crippen LogP contribution in [0.1, 0.15) is 39.2 Å². The van der Waals surface area contributed by atoms with Crippen molar-refractivity contribution in [1.29, 1.82) is 0 Å². The van der Waals surface area contributed by atoms with E-state index in [0.29, 0.717) is 12.2 Å². The van der Waals surface area contributed by atoms with Gasteiger partial charge in [0, 0.05) is 11.6 Å². The van der Waals surface area contributed by atoms with E-state index in [2.05, 4.69) is 15.0 Å². The van der Waals surface area contributed by atoms with E-state index < -0.39 is 0 Å². The molecule has 3 heterocycles. The van der Waals surface area contributed by atoms with Gasteiger partial charge in [0.2, 0.25) is 0 Å². The van der Waals surface area contributed by atoms with Gasteiger partial charge in [-0.15, -0.1) is 11.3 Å². The number of nitrogens with zero attached hydrogens (tertiary/aromatic N) is 5. The maximum Gasteiger partial charge on any atom is 0.164 e. The molecule has 0 aliphatic heterocycles. The maximum absolute atomic E-state index is 11.4. The van der Waals surface area contributed by atoms with Gasteiger partial charge in [0.05, 0.1) is 22.0 Å². The van der Waals surface area contributed by atoms with Gasteiger partial charge in [-0.25, -0.2) is 19.6 Å². The molecule has 0 aliphatic carbocycles. The molecule has 4 rings (SSSR count). The zero-order valence-corrected chi connectivity index (χ0v) is 15.5. The van der Waals surface area contributed by atoms with Gasteiger partial charge in [-0.2, -0.15) is 5.10 Å². The molecule has 0 fully saturated rings. The Labute approximate surface area is 161 Å². The molecule has 0 radical (unpaired) electrons. The van der Waals surface area contributed by atoms with E-state index in [1.165, 1.54) is 17.7 Å². The monoisotopic (exact) mass is 382 g/mol. The lowest BCUT2D eigenvalue weighted by molar-refractivity contribution is -0.116. The van der Waals surface area contributed by atoms with Crippen molar-refractivity contribution in [3.63, 3.8) is 0 Å². The highest BCUT2D eigenvalue weighted by Crippen LogP contribution is 2.34. The van der Waals surface area contributed by atoms with Crippen molar-refractivity contribution in [3.8, 4) is 11.3 Å². The first-order valence-corrected chi connectivity index (χ1v) is 9.13. The number of rotatable bonds is 4. The molecule has 0 amide bonds. The summed E-state index contributed by atoms with van der Waals surface area (Å²) < 4.78 is 2.90. The largest absolute Gasteiger partial charge is 0.383 e. The highest BCUT2D eigenvalue weighted by Gasteiger charge is 2.19. The third kappa shape index (κ3) is 3.28. The van der Waals surface area contributed by atoms with Crippen LogP contribution < -0.4 is 5.73 Å². The number of hydrogen-bond acceptors (Lipinski definition) is 7. The molecule has 0 saturated carbocycles. The smallest absolute Gasteiger partial charge is 0.164 e. The molecule has 0 unspecified atom stereocenters. The van der Waals surface area contributed by atoms with E-state index in [-0.39, 0.29) is 19.3 Å². The Morgan fingerprint density at radius 3 is 2.78 bits per heavy atom. The first-order chi connectivity index (χ1) is 12.4. The van der Waals surface area contributed by atoms with Crippen LogP contribution in [0.5, 0.6) is 0 Å². The van der Waals surface area contributed by atoms with Crippen LogP contribution >= 0.6 is 11.3 Å². The molecule has 0 saturated heterocycles. The van der Waals surface area contributed by atoms with Gasteiger partial charge < -0.3 is 5.73 Å². The van der Waals surface area contributed by atoms with Gasteiger partial charge in [-0.05, 0) is 32.9 Å². The van der Waals surface area contributed by atoms with Gasteiger partial charge in [0.1, 0.15) is 28.6 Å². The molecule has 3 aromatic heterocycles. The molecule has 7 nitrogen and oxygen atoms in total. The first-order valence-electron chi connectivity index (χ1n) is 8.32. The van der Waals surface area contributed by atoms with Gasteiger partial charge in [-0.1, -0.05) is 13.5 Å². The van der Waals surface area contributed by atoms with E-state index in [9.17, 15) is 4.79 Å². The average Bonchev–Trinajstić information content (AvgIpc) is 3.14. The number of nitrogen functional groups attached to an aromatic ring is 1. The fourth-order valence-corrected chi connectivity index (χ4v) is 3.99. The summed E-state index contributed by atoms with van der Waals surface area (Å²) in [7, 11) is 0. The average molecular weight is 382 g/mol. The molecule has 0 atom stereocenters. The molecule has 8 heteroatoms. The maximum atomic E-state index is 11.4. The molecule has 140 valence electrons. The SMILES string of the molecule is C.CC(=O)Cc1nc2cc(-c3nn(C(C)C)c4ncnc(N)c34)ccc2s1. The van der Waals surface area contributed by atoms with Crippen LogP contribution in [0.2, 0.25) is 0 Å². The third-order valence-electron chi connectivity index (χ3n) is 4.11. The highest BCUT2D eigenvalue weighted by molar-refractivity contribution is 7.18. The molecular formula is C19H22N6OS. The van der Waals surface area contributed by atoms with E-state index in [0.717, 1.165) is 37.5 Å². The van der Waals surface area contributed by atoms with Crippen LogP contribution in [-0.4, -0.2) is 30.5 Å². The predicted molar refractivity (Wildman–Crippen MR) is 110 cm³/mol. The summed E-state index contributed by atoms with van der Waals surface area (Å²) in [4.78, 5) is 24.4. The Hall–Kier alpha value is -2.87. The van der Waals surface area contributed by atoms with E-state index in [1.54, 1.807) is 6.92 Å². The molecule has 0 bridgehead atoms. The van der Waals surface area contributed by atoms with Gasteiger partial charge in [-0.3, -0.25) is 4.79 Å². The normalized spacial score (nSPS) is 11.3. The van der Waals surface area contributed by atoms with Crippen molar-refractivity contribution < 1.29 is 4.79 Å². The second kappa shape index (κ2) is 7.03. The van der Waals surface area contributed by atoms with Crippen LogP contribution in [0.25, 0.3) is 32.5 Å². The quantitative estimate of drug-likeness (QED) is 0.572. The van der Waals surface area contributed by atoms with Gasteiger partial charge >= 0.3 is 0 Å². The number of thiazole rings is 1. The van der Waals surface area contributed by atoms with Crippen molar-refractivity contribution in [2.24, 2.45) is 0 Å². The minimum absolute atomic E-state index is 0. The summed E-state index contributed by atoms with van der Waals surface area (Å²) in [5.74, 6) is 0.517. The zero-order valence-electron chi connectivity index (χ0n) is 14.7. The molecule has 27 heavy (non-hydrogen) atoms. The number of fused-ring (bicyclic) bond motifs is 2. The van der Waals surface area contributed by atoms with E-state index >= 15 is 0 Å². The number of carbonyl (C=O) groups excluding carboxylic acids is 1. The molecule has 1 aromatic carbocycles. The van der Waals surface area contributed by atoms with E-state index in [4.69, 9.17) is 10.8 Å². The summed E-state index contributed by atoms with van der Waals surface area (Å²) in [6, 6.07) is 6.13. The number of hydrogen-bond donors (Lipinski definition) is 1. The highest BCUT2D eigenvalue weighted by atomic mass is 32.1. The first kappa shape index (κ1) is 18.9. The van der Waals surface area contributed by atoms with Crippen LogP contribution in [0.4, 0.5) is 5.82 Å². The second-order valence-electron chi connectivity index (χ2n) is 6.51. The lowest BCUT2D eigenvalue weighted by Crippen LogP contribution is -2.04. The number of Topliss-reactive ketones (excluding diaryl/α,β-unsaturated/α-hetero) is 1. The van der Waals surface area contributed by atoms with Crippen molar-refractivity contribution in [1.82, 2.24) is 24.7 Å². The number of benzene rings is 1. The molecule has 2 N–H and O–H groups in total.